The summed E-state index contributed by atoms with van der Waals surface area (Å²) in [5.41, 5.74) is 1.67. The summed E-state index contributed by atoms with van der Waals surface area (Å²) in [7, 11) is 1.61. The fraction of sp³-hybridized carbons (Fsp3) is 0.500. The fourth-order valence-corrected chi connectivity index (χ4v) is 2.03. The van der Waals surface area contributed by atoms with E-state index in [1.165, 1.54) is 0 Å². The van der Waals surface area contributed by atoms with Gasteiger partial charge in [0.15, 0.2) is 0 Å². The molecule has 4 heteroatoms. The summed E-state index contributed by atoms with van der Waals surface area (Å²) in [6.07, 6.45) is 0.922. The lowest BCUT2D eigenvalue weighted by molar-refractivity contribution is 0.0765. The minimum atomic E-state index is 0.0100. The van der Waals surface area contributed by atoms with E-state index in [0.717, 1.165) is 24.3 Å². The second kappa shape index (κ2) is 7.27. The number of amides is 1. The molecule has 0 aliphatic carbocycles. The van der Waals surface area contributed by atoms with Crippen molar-refractivity contribution in [1.29, 1.82) is 0 Å². The van der Waals surface area contributed by atoms with Gasteiger partial charge in [-0.15, -0.1) is 11.6 Å². The molecule has 1 aromatic carbocycles. The van der Waals surface area contributed by atoms with Gasteiger partial charge in [-0.05, 0) is 31.0 Å². The molecule has 18 heavy (non-hydrogen) atoms. The van der Waals surface area contributed by atoms with Gasteiger partial charge in [0.2, 0.25) is 0 Å². The van der Waals surface area contributed by atoms with Crippen LogP contribution in [-0.4, -0.2) is 36.9 Å². The van der Waals surface area contributed by atoms with Gasteiger partial charge in [0.05, 0.1) is 7.11 Å². The quantitative estimate of drug-likeness (QED) is 0.743. The summed E-state index contributed by atoms with van der Waals surface area (Å²) in [4.78, 5) is 14.1. The Bertz CT molecular complexity index is 401. The standard InChI is InChI=1S/C14H20ClNO2/c1-4-8-16(9-7-15)14(17)12-6-5-11(2)13(10-12)18-3/h5-6,10H,4,7-9H2,1-3H3. The molecule has 1 amide bonds. The largest absolute Gasteiger partial charge is 0.496 e. The molecule has 0 bridgehead atoms. The average Bonchev–Trinajstić information content (AvgIpc) is 2.38. The number of carbonyl (C=O) groups is 1. The number of halogens is 1. The van der Waals surface area contributed by atoms with Crippen molar-refractivity contribution in [2.75, 3.05) is 26.1 Å². The Balaban J connectivity index is 2.93. The molecule has 0 atom stereocenters. The van der Waals surface area contributed by atoms with Crippen LogP contribution in [0.25, 0.3) is 0 Å². The van der Waals surface area contributed by atoms with E-state index in [0.29, 0.717) is 18.0 Å². The zero-order valence-corrected chi connectivity index (χ0v) is 12.0. The van der Waals surface area contributed by atoms with Gasteiger partial charge in [-0.1, -0.05) is 13.0 Å². The second-order valence-electron chi connectivity index (χ2n) is 4.17. The van der Waals surface area contributed by atoms with E-state index in [9.17, 15) is 4.79 Å². The first-order chi connectivity index (χ1) is 8.63. The summed E-state index contributed by atoms with van der Waals surface area (Å²) < 4.78 is 5.24. The molecule has 1 rings (SSSR count). The molecule has 0 spiro atoms. The molecule has 0 aliphatic rings. The molecule has 100 valence electrons. The average molecular weight is 270 g/mol. The van der Waals surface area contributed by atoms with Crippen molar-refractivity contribution in [3.05, 3.63) is 29.3 Å². The lowest BCUT2D eigenvalue weighted by atomic mass is 10.1. The van der Waals surface area contributed by atoms with Crippen LogP contribution in [0.3, 0.4) is 0 Å². The summed E-state index contributed by atoms with van der Waals surface area (Å²) in [6.45, 7) is 5.30. The van der Waals surface area contributed by atoms with E-state index in [-0.39, 0.29) is 5.91 Å². The summed E-state index contributed by atoms with van der Waals surface area (Å²) in [5, 5.41) is 0. The first kappa shape index (κ1) is 14.8. The van der Waals surface area contributed by atoms with Crippen LogP contribution in [0, 0.1) is 6.92 Å². The Labute approximate surface area is 114 Å². The second-order valence-corrected chi connectivity index (χ2v) is 4.54. The van der Waals surface area contributed by atoms with Crippen LogP contribution in [0.2, 0.25) is 0 Å². The Hall–Kier alpha value is -1.22. The molecular weight excluding hydrogens is 250 g/mol. The van der Waals surface area contributed by atoms with E-state index in [4.69, 9.17) is 16.3 Å². The molecule has 0 saturated carbocycles. The van der Waals surface area contributed by atoms with Crippen molar-refractivity contribution < 1.29 is 9.53 Å². The van der Waals surface area contributed by atoms with E-state index >= 15 is 0 Å². The molecule has 0 N–H and O–H groups in total. The van der Waals surface area contributed by atoms with Crippen molar-refractivity contribution in [3.63, 3.8) is 0 Å². The maximum atomic E-state index is 12.3. The minimum Gasteiger partial charge on any atom is -0.496 e. The smallest absolute Gasteiger partial charge is 0.254 e. The number of carbonyl (C=O) groups excluding carboxylic acids is 1. The Morgan fingerprint density at radius 2 is 2.11 bits per heavy atom. The molecule has 0 radical (unpaired) electrons. The third-order valence-electron chi connectivity index (χ3n) is 2.79. The van der Waals surface area contributed by atoms with Crippen molar-refractivity contribution in [2.24, 2.45) is 0 Å². The van der Waals surface area contributed by atoms with Gasteiger partial charge < -0.3 is 9.64 Å². The van der Waals surface area contributed by atoms with Crippen LogP contribution in [0.1, 0.15) is 29.3 Å². The minimum absolute atomic E-state index is 0.0100. The molecule has 0 heterocycles. The summed E-state index contributed by atoms with van der Waals surface area (Å²) >= 11 is 5.73. The van der Waals surface area contributed by atoms with Gasteiger partial charge in [0.1, 0.15) is 5.75 Å². The molecule has 0 aromatic heterocycles. The lowest BCUT2D eigenvalue weighted by Gasteiger charge is -2.21. The lowest BCUT2D eigenvalue weighted by Crippen LogP contribution is -2.33. The Morgan fingerprint density at radius 3 is 2.67 bits per heavy atom. The van der Waals surface area contributed by atoms with Crippen LogP contribution in [-0.2, 0) is 0 Å². The molecule has 0 saturated heterocycles. The maximum Gasteiger partial charge on any atom is 0.254 e. The number of nitrogens with zero attached hydrogens (tertiary/aromatic N) is 1. The number of hydrogen-bond donors (Lipinski definition) is 0. The van der Waals surface area contributed by atoms with Gasteiger partial charge in [0, 0.05) is 24.5 Å². The highest BCUT2D eigenvalue weighted by Gasteiger charge is 2.15. The molecule has 1 aromatic rings. The fourth-order valence-electron chi connectivity index (χ4n) is 1.82. The van der Waals surface area contributed by atoms with Crippen LogP contribution in [0.4, 0.5) is 0 Å². The highest BCUT2D eigenvalue weighted by Crippen LogP contribution is 2.20. The van der Waals surface area contributed by atoms with Crippen LogP contribution in [0.5, 0.6) is 5.75 Å². The third-order valence-corrected chi connectivity index (χ3v) is 2.96. The maximum absolute atomic E-state index is 12.3. The van der Waals surface area contributed by atoms with Gasteiger partial charge in [-0.2, -0.15) is 0 Å². The zero-order chi connectivity index (χ0) is 13.5. The highest BCUT2D eigenvalue weighted by atomic mass is 35.5. The van der Waals surface area contributed by atoms with Crippen molar-refractivity contribution in [3.8, 4) is 5.75 Å². The van der Waals surface area contributed by atoms with Crippen molar-refractivity contribution >= 4 is 17.5 Å². The number of hydrogen-bond acceptors (Lipinski definition) is 2. The number of benzene rings is 1. The van der Waals surface area contributed by atoms with Gasteiger partial charge in [-0.3, -0.25) is 4.79 Å². The van der Waals surface area contributed by atoms with E-state index in [2.05, 4.69) is 0 Å². The molecular formula is C14H20ClNO2. The van der Waals surface area contributed by atoms with Gasteiger partial charge in [0.25, 0.3) is 5.91 Å². The zero-order valence-electron chi connectivity index (χ0n) is 11.2. The first-order valence-corrected chi connectivity index (χ1v) is 6.67. The van der Waals surface area contributed by atoms with E-state index in [1.807, 2.05) is 26.0 Å². The predicted molar refractivity (Wildman–Crippen MR) is 74.6 cm³/mol. The summed E-state index contributed by atoms with van der Waals surface area (Å²) in [6, 6.07) is 5.52. The molecule has 0 fully saturated rings. The van der Waals surface area contributed by atoms with Crippen LogP contribution < -0.4 is 4.74 Å². The van der Waals surface area contributed by atoms with E-state index < -0.39 is 0 Å². The SMILES string of the molecule is CCCN(CCCl)C(=O)c1ccc(C)c(OC)c1. The Morgan fingerprint density at radius 1 is 1.39 bits per heavy atom. The number of rotatable bonds is 6. The molecule has 0 unspecified atom stereocenters. The highest BCUT2D eigenvalue weighted by molar-refractivity contribution is 6.18. The van der Waals surface area contributed by atoms with Gasteiger partial charge >= 0.3 is 0 Å². The topological polar surface area (TPSA) is 29.5 Å². The number of aryl methyl sites for hydroxylation is 1. The van der Waals surface area contributed by atoms with Crippen molar-refractivity contribution in [2.45, 2.75) is 20.3 Å². The normalized spacial score (nSPS) is 10.2. The molecule has 0 aliphatic heterocycles. The van der Waals surface area contributed by atoms with Gasteiger partial charge in [-0.25, -0.2) is 0 Å². The number of methoxy groups -OCH3 is 1. The van der Waals surface area contributed by atoms with Crippen LogP contribution >= 0.6 is 11.6 Å². The monoisotopic (exact) mass is 269 g/mol. The number of alkyl halides is 1. The third kappa shape index (κ3) is 3.64. The Kier molecular flexibility index (Phi) is 5.99. The molecule has 3 nitrogen and oxygen atoms in total. The summed E-state index contributed by atoms with van der Waals surface area (Å²) in [5.74, 6) is 1.20. The first-order valence-electron chi connectivity index (χ1n) is 6.13. The van der Waals surface area contributed by atoms with E-state index in [1.54, 1.807) is 18.1 Å². The van der Waals surface area contributed by atoms with Crippen molar-refractivity contribution in [1.82, 2.24) is 4.90 Å². The number of ether oxygens (including phenoxy) is 1. The van der Waals surface area contributed by atoms with Crippen LogP contribution in [0.15, 0.2) is 18.2 Å². The predicted octanol–water partition coefficient (Wildman–Crippen LogP) is 3.09.